The number of hydrogen-bond donors (Lipinski definition) is 0. The molecule has 4 heteroatoms. The zero-order chi connectivity index (χ0) is 15.0. The Morgan fingerprint density at radius 3 is 2.71 bits per heavy atom. The molecule has 0 fully saturated rings. The van der Waals surface area contributed by atoms with E-state index >= 15 is 0 Å². The molecular weight excluding hydrogens is 271 g/mol. The molecule has 1 aromatic heterocycles. The molecule has 3 aromatic rings. The predicted octanol–water partition coefficient (Wildman–Crippen LogP) is 4.33. The Balaban J connectivity index is 2.16. The van der Waals surface area contributed by atoms with Gasteiger partial charge in [0.05, 0.1) is 12.7 Å². The van der Waals surface area contributed by atoms with Gasteiger partial charge in [-0.25, -0.2) is 9.18 Å². The molecule has 0 bridgehead atoms. The van der Waals surface area contributed by atoms with Crippen LogP contribution >= 0.6 is 0 Å². The van der Waals surface area contributed by atoms with Crippen LogP contribution in [0.1, 0.15) is 15.9 Å². The van der Waals surface area contributed by atoms with Crippen LogP contribution in [0, 0.1) is 12.7 Å². The number of carbonyl (C=O) groups is 1. The maximum absolute atomic E-state index is 13.7. The minimum atomic E-state index is -0.581. The summed E-state index contributed by atoms with van der Waals surface area (Å²) in [5.41, 5.74) is 2.43. The van der Waals surface area contributed by atoms with E-state index in [-0.39, 0.29) is 5.56 Å². The van der Waals surface area contributed by atoms with Crippen molar-refractivity contribution in [2.75, 3.05) is 7.11 Å². The smallest absolute Gasteiger partial charge is 0.337 e. The van der Waals surface area contributed by atoms with E-state index in [0.29, 0.717) is 11.3 Å². The molecule has 106 valence electrons. The quantitative estimate of drug-likeness (QED) is 0.657. The van der Waals surface area contributed by atoms with Gasteiger partial charge in [0.2, 0.25) is 0 Å². The summed E-state index contributed by atoms with van der Waals surface area (Å²) in [5, 5.41) is 0.939. The van der Waals surface area contributed by atoms with E-state index in [2.05, 4.69) is 4.74 Å². The predicted molar refractivity (Wildman–Crippen MR) is 77.7 cm³/mol. The number of fused-ring (bicyclic) bond motifs is 1. The normalized spacial score (nSPS) is 10.8. The number of carbonyl (C=O) groups excluding carboxylic acids is 1. The average molecular weight is 284 g/mol. The molecule has 0 saturated carbocycles. The monoisotopic (exact) mass is 284 g/mol. The topological polar surface area (TPSA) is 39.4 Å². The molecule has 1 heterocycles. The molecule has 0 amide bonds. The second kappa shape index (κ2) is 5.05. The molecule has 0 spiro atoms. The Morgan fingerprint density at radius 2 is 2.00 bits per heavy atom. The molecule has 3 nitrogen and oxygen atoms in total. The Morgan fingerprint density at radius 1 is 1.19 bits per heavy atom. The molecule has 0 aliphatic carbocycles. The first-order valence-corrected chi connectivity index (χ1v) is 6.47. The number of methoxy groups -OCH3 is 1. The zero-order valence-corrected chi connectivity index (χ0v) is 11.6. The molecule has 0 aliphatic rings. The molecule has 2 aromatic carbocycles. The summed E-state index contributed by atoms with van der Waals surface area (Å²) in [4.78, 5) is 11.6. The third-order valence-electron chi connectivity index (χ3n) is 3.34. The Kier molecular flexibility index (Phi) is 3.22. The minimum Gasteiger partial charge on any atom is -0.465 e. The van der Waals surface area contributed by atoms with Crippen molar-refractivity contribution in [2.45, 2.75) is 6.92 Å². The summed E-state index contributed by atoms with van der Waals surface area (Å²) in [6.07, 6.45) is 0. The van der Waals surface area contributed by atoms with E-state index in [9.17, 15) is 9.18 Å². The molecule has 0 N–H and O–H groups in total. The number of benzene rings is 2. The van der Waals surface area contributed by atoms with Gasteiger partial charge in [0, 0.05) is 10.9 Å². The van der Waals surface area contributed by atoms with Crippen molar-refractivity contribution in [3.05, 3.63) is 59.4 Å². The molecule has 0 unspecified atom stereocenters. The van der Waals surface area contributed by atoms with Crippen molar-refractivity contribution in [3.63, 3.8) is 0 Å². The first-order valence-electron chi connectivity index (χ1n) is 6.47. The summed E-state index contributed by atoms with van der Waals surface area (Å²) in [6, 6.07) is 11.7. The van der Waals surface area contributed by atoms with Crippen LogP contribution in [0.5, 0.6) is 0 Å². The molecular formula is C17H13FO3. The molecule has 0 saturated heterocycles. The number of rotatable bonds is 2. The average Bonchev–Trinajstić information content (AvgIpc) is 2.91. The summed E-state index contributed by atoms with van der Waals surface area (Å²) in [7, 11) is 1.26. The van der Waals surface area contributed by atoms with Gasteiger partial charge in [0.25, 0.3) is 0 Å². The maximum atomic E-state index is 13.7. The summed E-state index contributed by atoms with van der Waals surface area (Å²) < 4.78 is 24.1. The largest absolute Gasteiger partial charge is 0.465 e. The highest BCUT2D eigenvalue weighted by Crippen LogP contribution is 2.30. The molecule has 0 atom stereocenters. The van der Waals surface area contributed by atoms with Crippen LogP contribution in [0.25, 0.3) is 22.3 Å². The van der Waals surface area contributed by atoms with Crippen LogP contribution in [0.15, 0.2) is 46.9 Å². The van der Waals surface area contributed by atoms with Crippen LogP contribution in [0.2, 0.25) is 0 Å². The zero-order valence-electron chi connectivity index (χ0n) is 11.6. The standard InChI is InChI=1S/C17H13FO3/c1-10-4-3-5-11-9-15(21-16(10)11)12-6-13(17(19)20-2)8-14(18)7-12/h3-9H,1-2H3. The van der Waals surface area contributed by atoms with Crippen LogP contribution in [-0.4, -0.2) is 13.1 Å². The van der Waals surface area contributed by atoms with Crippen LogP contribution in [-0.2, 0) is 4.74 Å². The van der Waals surface area contributed by atoms with Gasteiger partial charge < -0.3 is 9.15 Å². The highest BCUT2D eigenvalue weighted by atomic mass is 19.1. The van der Waals surface area contributed by atoms with Crippen LogP contribution in [0.3, 0.4) is 0 Å². The van der Waals surface area contributed by atoms with Crippen molar-refractivity contribution in [1.82, 2.24) is 0 Å². The van der Waals surface area contributed by atoms with E-state index in [1.807, 2.05) is 31.2 Å². The summed E-state index contributed by atoms with van der Waals surface area (Å²) >= 11 is 0. The van der Waals surface area contributed by atoms with Gasteiger partial charge in [-0.2, -0.15) is 0 Å². The van der Waals surface area contributed by atoms with E-state index in [4.69, 9.17) is 4.42 Å². The van der Waals surface area contributed by atoms with Gasteiger partial charge in [-0.05, 0) is 36.8 Å². The Hall–Kier alpha value is -2.62. The van der Waals surface area contributed by atoms with Crippen LogP contribution < -0.4 is 0 Å². The fraction of sp³-hybridized carbons (Fsp3) is 0.118. The molecule has 0 radical (unpaired) electrons. The lowest BCUT2D eigenvalue weighted by atomic mass is 10.1. The molecule has 3 rings (SSSR count). The summed E-state index contributed by atoms with van der Waals surface area (Å²) in [6.45, 7) is 1.95. The van der Waals surface area contributed by atoms with Crippen LogP contribution in [0.4, 0.5) is 4.39 Å². The van der Waals surface area contributed by atoms with Gasteiger partial charge in [0.15, 0.2) is 0 Å². The Bertz CT molecular complexity index is 833. The van der Waals surface area contributed by atoms with Crippen molar-refractivity contribution in [1.29, 1.82) is 0 Å². The lowest BCUT2D eigenvalue weighted by molar-refractivity contribution is 0.0600. The number of furan rings is 1. The van der Waals surface area contributed by atoms with Gasteiger partial charge >= 0.3 is 5.97 Å². The van der Waals surface area contributed by atoms with Crippen molar-refractivity contribution >= 4 is 16.9 Å². The first kappa shape index (κ1) is 13.4. The lowest BCUT2D eigenvalue weighted by Crippen LogP contribution is -2.01. The number of para-hydroxylation sites is 1. The number of ether oxygens (including phenoxy) is 1. The summed E-state index contributed by atoms with van der Waals surface area (Å²) in [5.74, 6) is -0.572. The maximum Gasteiger partial charge on any atom is 0.337 e. The number of aryl methyl sites for hydroxylation is 1. The first-order chi connectivity index (χ1) is 10.1. The van der Waals surface area contributed by atoms with Crippen molar-refractivity contribution in [2.24, 2.45) is 0 Å². The molecule has 21 heavy (non-hydrogen) atoms. The highest BCUT2D eigenvalue weighted by Gasteiger charge is 2.13. The third-order valence-corrected chi connectivity index (χ3v) is 3.34. The van der Waals surface area contributed by atoms with E-state index < -0.39 is 11.8 Å². The van der Waals surface area contributed by atoms with Crippen molar-refractivity contribution in [3.8, 4) is 11.3 Å². The lowest BCUT2D eigenvalue weighted by Gasteiger charge is -2.02. The van der Waals surface area contributed by atoms with Gasteiger partial charge in [0.1, 0.15) is 17.2 Å². The SMILES string of the molecule is COC(=O)c1cc(F)cc(-c2cc3cccc(C)c3o2)c1. The second-order valence-electron chi connectivity index (χ2n) is 4.82. The van der Waals surface area contributed by atoms with E-state index in [0.717, 1.165) is 22.6 Å². The fourth-order valence-corrected chi connectivity index (χ4v) is 2.32. The Labute approximate surface area is 120 Å². The minimum absolute atomic E-state index is 0.157. The van der Waals surface area contributed by atoms with Gasteiger partial charge in [-0.15, -0.1) is 0 Å². The van der Waals surface area contributed by atoms with Gasteiger partial charge in [-0.1, -0.05) is 18.2 Å². The second-order valence-corrected chi connectivity index (χ2v) is 4.82. The number of halogens is 1. The van der Waals surface area contributed by atoms with E-state index in [1.54, 1.807) is 6.07 Å². The number of hydrogen-bond acceptors (Lipinski definition) is 3. The van der Waals surface area contributed by atoms with Crippen molar-refractivity contribution < 1.29 is 18.3 Å². The third kappa shape index (κ3) is 2.40. The fourth-order valence-electron chi connectivity index (χ4n) is 2.32. The molecule has 0 aliphatic heterocycles. The van der Waals surface area contributed by atoms with Gasteiger partial charge in [-0.3, -0.25) is 0 Å². The number of esters is 1. The highest BCUT2D eigenvalue weighted by molar-refractivity contribution is 5.91. The van der Waals surface area contributed by atoms with E-state index in [1.165, 1.54) is 13.2 Å².